The van der Waals surface area contributed by atoms with Gasteiger partial charge in [0.05, 0.1) is 0 Å². The predicted molar refractivity (Wildman–Crippen MR) is 98.5 cm³/mol. The molecule has 0 aliphatic heterocycles. The quantitative estimate of drug-likeness (QED) is 0.302. The molecule has 0 rings (SSSR count). The van der Waals surface area contributed by atoms with Gasteiger partial charge in [-0.3, -0.25) is 4.79 Å². The number of rotatable bonds is 16. The molecule has 0 radical (unpaired) electrons. The number of carbonyl (C=O) groups is 1. The molecular weight excluding hydrogens is 272 g/mol. The van der Waals surface area contributed by atoms with E-state index >= 15 is 0 Å². The highest BCUT2D eigenvalue weighted by atomic mass is 16.4. The Morgan fingerprint density at radius 1 is 0.591 bits per heavy atom. The molecule has 0 aromatic carbocycles. The zero-order valence-corrected chi connectivity index (χ0v) is 15.7. The molecule has 0 unspecified atom stereocenters. The minimum atomic E-state index is -0.653. The number of hydrogen-bond acceptors (Lipinski definition) is 1. The maximum Gasteiger partial charge on any atom is 0.303 e. The van der Waals surface area contributed by atoms with Crippen LogP contribution < -0.4 is 0 Å². The average molecular weight is 315 g/mol. The number of unbranched alkanes of at least 4 members (excludes halogenated alkanes) is 14. The molecule has 0 amide bonds. The van der Waals surface area contributed by atoms with Crippen molar-refractivity contribution >= 4 is 5.97 Å². The summed E-state index contributed by atoms with van der Waals surface area (Å²) in [7, 11) is 0. The second kappa shape index (κ2) is 22.7. The summed E-state index contributed by atoms with van der Waals surface area (Å²) in [6, 6.07) is 0. The molecule has 22 heavy (non-hydrogen) atoms. The van der Waals surface area contributed by atoms with E-state index in [2.05, 4.69) is 6.92 Å². The lowest BCUT2D eigenvalue weighted by molar-refractivity contribution is -0.137. The molecule has 0 aromatic rings. The summed E-state index contributed by atoms with van der Waals surface area (Å²) in [5, 5.41) is 8.52. The lowest BCUT2D eigenvalue weighted by Crippen LogP contribution is -1.93. The maximum atomic E-state index is 10.3. The van der Waals surface area contributed by atoms with Crippen molar-refractivity contribution in [1.29, 1.82) is 0 Å². The highest BCUT2D eigenvalue weighted by Gasteiger charge is 1.97. The van der Waals surface area contributed by atoms with Crippen LogP contribution >= 0.6 is 0 Å². The van der Waals surface area contributed by atoms with Gasteiger partial charge in [-0.05, 0) is 6.42 Å². The van der Waals surface area contributed by atoms with Gasteiger partial charge in [-0.2, -0.15) is 0 Å². The Labute approximate surface area is 140 Å². The van der Waals surface area contributed by atoms with E-state index in [0.29, 0.717) is 6.42 Å². The fraction of sp³-hybridized carbons (Fsp3) is 0.950. The Morgan fingerprint density at radius 3 is 1.14 bits per heavy atom. The SMILES string of the molecule is CC.CCCCCCCCCCCCCCCCCC(=O)O. The summed E-state index contributed by atoms with van der Waals surface area (Å²) in [5.41, 5.74) is 0. The fourth-order valence-corrected chi connectivity index (χ4v) is 2.65. The minimum absolute atomic E-state index is 0.345. The van der Waals surface area contributed by atoms with Gasteiger partial charge in [0.15, 0.2) is 0 Å². The van der Waals surface area contributed by atoms with Crippen LogP contribution in [0, 0.1) is 0 Å². The molecule has 0 fully saturated rings. The van der Waals surface area contributed by atoms with E-state index in [-0.39, 0.29) is 0 Å². The number of carboxylic acid groups (broad SMARTS) is 1. The highest BCUT2D eigenvalue weighted by molar-refractivity contribution is 5.66. The average Bonchev–Trinajstić information content (AvgIpc) is 2.53. The zero-order valence-electron chi connectivity index (χ0n) is 15.7. The van der Waals surface area contributed by atoms with Gasteiger partial charge < -0.3 is 5.11 Å². The summed E-state index contributed by atoms with van der Waals surface area (Å²) in [4.78, 5) is 10.3. The first-order valence-electron chi connectivity index (χ1n) is 9.99. The number of carboxylic acids is 1. The second-order valence-electron chi connectivity index (χ2n) is 6.09. The van der Waals surface area contributed by atoms with E-state index in [4.69, 9.17) is 5.11 Å². The monoisotopic (exact) mass is 314 g/mol. The number of aliphatic carboxylic acids is 1. The fourth-order valence-electron chi connectivity index (χ4n) is 2.65. The van der Waals surface area contributed by atoms with E-state index in [0.717, 1.165) is 12.8 Å². The van der Waals surface area contributed by atoms with Gasteiger partial charge in [-0.15, -0.1) is 0 Å². The first-order chi connectivity index (χ1) is 10.8. The van der Waals surface area contributed by atoms with Gasteiger partial charge in [-0.25, -0.2) is 0 Å². The summed E-state index contributed by atoms with van der Waals surface area (Å²) in [6.45, 7) is 6.27. The van der Waals surface area contributed by atoms with Crippen LogP contribution in [-0.2, 0) is 4.79 Å². The van der Waals surface area contributed by atoms with E-state index in [1.807, 2.05) is 13.8 Å². The Morgan fingerprint density at radius 2 is 0.864 bits per heavy atom. The molecule has 134 valence electrons. The molecule has 0 atom stereocenters. The van der Waals surface area contributed by atoms with Crippen molar-refractivity contribution in [2.45, 2.75) is 124 Å². The lowest BCUT2D eigenvalue weighted by atomic mass is 10.0. The van der Waals surface area contributed by atoms with Crippen LogP contribution in [0.2, 0.25) is 0 Å². The maximum absolute atomic E-state index is 10.3. The smallest absolute Gasteiger partial charge is 0.303 e. The van der Waals surface area contributed by atoms with Crippen LogP contribution in [-0.4, -0.2) is 11.1 Å². The third-order valence-electron chi connectivity index (χ3n) is 3.99. The molecule has 0 saturated carbocycles. The molecule has 0 bridgehead atoms. The highest BCUT2D eigenvalue weighted by Crippen LogP contribution is 2.13. The van der Waals surface area contributed by atoms with Crippen molar-refractivity contribution in [2.75, 3.05) is 0 Å². The third kappa shape index (κ3) is 24.5. The van der Waals surface area contributed by atoms with Gasteiger partial charge in [0, 0.05) is 6.42 Å². The van der Waals surface area contributed by atoms with E-state index in [1.165, 1.54) is 83.5 Å². The predicted octanol–water partition coefficient (Wildman–Crippen LogP) is 7.36. The Balaban J connectivity index is 0. The molecule has 2 nitrogen and oxygen atoms in total. The van der Waals surface area contributed by atoms with E-state index in [1.54, 1.807) is 0 Å². The van der Waals surface area contributed by atoms with Crippen LogP contribution in [0.5, 0.6) is 0 Å². The first-order valence-corrected chi connectivity index (χ1v) is 9.99. The summed E-state index contributed by atoms with van der Waals surface area (Å²) in [6.07, 6.45) is 20.2. The third-order valence-corrected chi connectivity index (χ3v) is 3.99. The lowest BCUT2D eigenvalue weighted by Gasteiger charge is -2.03. The van der Waals surface area contributed by atoms with Crippen molar-refractivity contribution < 1.29 is 9.90 Å². The summed E-state index contributed by atoms with van der Waals surface area (Å²) in [5.74, 6) is -0.653. The van der Waals surface area contributed by atoms with E-state index in [9.17, 15) is 4.79 Å². The molecule has 1 N–H and O–H groups in total. The number of hydrogen-bond donors (Lipinski definition) is 1. The van der Waals surface area contributed by atoms with Crippen LogP contribution in [0.1, 0.15) is 124 Å². The molecule has 0 saturated heterocycles. The van der Waals surface area contributed by atoms with Crippen molar-refractivity contribution in [2.24, 2.45) is 0 Å². The molecule has 0 heterocycles. The topological polar surface area (TPSA) is 37.3 Å². The Bertz CT molecular complexity index is 202. The van der Waals surface area contributed by atoms with Crippen LogP contribution in [0.4, 0.5) is 0 Å². The van der Waals surface area contributed by atoms with Crippen molar-refractivity contribution in [3.63, 3.8) is 0 Å². The van der Waals surface area contributed by atoms with Crippen molar-refractivity contribution in [1.82, 2.24) is 0 Å². The largest absolute Gasteiger partial charge is 0.481 e. The molecule has 0 aliphatic rings. The standard InChI is InChI=1S/C18H36O2.C2H6/c1-2-3-4-5-6-7-8-9-10-11-12-13-14-15-16-17-18(19)20;1-2/h2-17H2,1H3,(H,19,20);1-2H3. The zero-order chi connectivity index (χ0) is 16.9. The van der Waals surface area contributed by atoms with E-state index < -0.39 is 5.97 Å². The Hall–Kier alpha value is -0.530. The van der Waals surface area contributed by atoms with Gasteiger partial charge in [-0.1, -0.05) is 111 Å². The molecule has 0 aromatic heterocycles. The van der Waals surface area contributed by atoms with Crippen molar-refractivity contribution in [3.8, 4) is 0 Å². The van der Waals surface area contributed by atoms with Gasteiger partial charge in [0.1, 0.15) is 0 Å². The van der Waals surface area contributed by atoms with Crippen LogP contribution in [0.15, 0.2) is 0 Å². The van der Waals surface area contributed by atoms with Gasteiger partial charge >= 0.3 is 5.97 Å². The summed E-state index contributed by atoms with van der Waals surface area (Å²) < 4.78 is 0. The Kier molecular flexibility index (Phi) is 24.5. The summed E-state index contributed by atoms with van der Waals surface area (Å²) >= 11 is 0. The normalized spacial score (nSPS) is 10.1. The van der Waals surface area contributed by atoms with Crippen LogP contribution in [0.25, 0.3) is 0 Å². The molecular formula is C20H42O2. The van der Waals surface area contributed by atoms with Crippen molar-refractivity contribution in [3.05, 3.63) is 0 Å². The van der Waals surface area contributed by atoms with Gasteiger partial charge in [0.2, 0.25) is 0 Å². The van der Waals surface area contributed by atoms with Gasteiger partial charge in [0.25, 0.3) is 0 Å². The van der Waals surface area contributed by atoms with Crippen LogP contribution in [0.3, 0.4) is 0 Å². The molecule has 0 spiro atoms. The molecule has 2 heteroatoms. The first kappa shape index (κ1) is 23.7. The minimum Gasteiger partial charge on any atom is -0.481 e. The molecule has 0 aliphatic carbocycles. The second-order valence-corrected chi connectivity index (χ2v) is 6.09.